The van der Waals surface area contributed by atoms with Crippen molar-refractivity contribution in [3.63, 3.8) is 0 Å². The predicted octanol–water partition coefficient (Wildman–Crippen LogP) is 1.05. The van der Waals surface area contributed by atoms with Crippen LogP contribution in [0, 0.1) is 0 Å². The van der Waals surface area contributed by atoms with E-state index in [1.54, 1.807) is 31.2 Å². The lowest BCUT2D eigenvalue weighted by Gasteiger charge is -2.26. The summed E-state index contributed by atoms with van der Waals surface area (Å²) < 4.78 is 10.3. The number of hydrogen-bond acceptors (Lipinski definition) is 3. The van der Waals surface area contributed by atoms with Crippen LogP contribution in [0.3, 0.4) is 0 Å². The second-order valence-electron chi connectivity index (χ2n) is 3.08. The van der Waals surface area contributed by atoms with Crippen LogP contribution in [0.5, 0.6) is 11.5 Å². The lowest BCUT2D eigenvalue weighted by Crippen LogP contribution is -2.35. The molecular formula is C10H11NO3. The van der Waals surface area contributed by atoms with Crippen LogP contribution in [0.25, 0.3) is 0 Å². The minimum atomic E-state index is -0.0502. The zero-order chi connectivity index (χ0) is 10.1. The normalized spacial score (nSPS) is 14.7. The molecule has 0 fully saturated rings. The van der Waals surface area contributed by atoms with Gasteiger partial charge in [-0.05, 0) is 12.1 Å². The van der Waals surface area contributed by atoms with E-state index in [9.17, 15) is 4.79 Å². The Morgan fingerprint density at radius 3 is 3.00 bits per heavy atom. The molecule has 1 aliphatic rings. The van der Waals surface area contributed by atoms with Gasteiger partial charge in [0.15, 0.2) is 6.61 Å². The minimum Gasteiger partial charge on any atom is -0.497 e. The fourth-order valence-electron chi connectivity index (χ4n) is 1.38. The van der Waals surface area contributed by atoms with Crippen molar-refractivity contribution in [2.45, 2.75) is 0 Å². The first-order chi connectivity index (χ1) is 6.72. The van der Waals surface area contributed by atoms with Gasteiger partial charge in [-0.3, -0.25) is 4.79 Å². The zero-order valence-electron chi connectivity index (χ0n) is 8.11. The number of hydrogen-bond donors (Lipinski definition) is 0. The van der Waals surface area contributed by atoms with Gasteiger partial charge < -0.3 is 14.4 Å². The highest BCUT2D eigenvalue weighted by Gasteiger charge is 2.22. The quantitative estimate of drug-likeness (QED) is 0.669. The fourth-order valence-corrected chi connectivity index (χ4v) is 1.38. The molecule has 4 nitrogen and oxygen atoms in total. The molecule has 0 saturated carbocycles. The van der Waals surface area contributed by atoms with Gasteiger partial charge in [-0.2, -0.15) is 0 Å². The predicted molar refractivity (Wildman–Crippen MR) is 51.9 cm³/mol. The second-order valence-corrected chi connectivity index (χ2v) is 3.08. The van der Waals surface area contributed by atoms with Crippen molar-refractivity contribution in [2.75, 3.05) is 25.7 Å². The highest BCUT2D eigenvalue weighted by Crippen LogP contribution is 2.34. The van der Waals surface area contributed by atoms with Gasteiger partial charge in [0.1, 0.15) is 11.5 Å². The van der Waals surface area contributed by atoms with E-state index < -0.39 is 0 Å². The maximum absolute atomic E-state index is 11.3. The molecule has 2 rings (SSSR count). The van der Waals surface area contributed by atoms with Gasteiger partial charge in [0.25, 0.3) is 5.91 Å². The molecule has 0 N–H and O–H groups in total. The largest absolute Gasteiger partial charge is 0.497 e. The summed E-state index contributed by atoms with van der Waals surface area (Å²) in [4.78, 5) is 12.9. The van der Waals surface area contributed by atoms with Crippen molar-refractivity contribution in [1.82, 2.24) is 0 Å². The molecule has 0 aliphatic carbocycles. The first kappa shape index (κ1) is 8.87. The van der Waals surface area contributed by atoms with Gasteiger partial charge in [0, 0.05) is 13.1 Å². The van der Waals surface area contributed by atoms with E-state index in [1.807, 2.05) is 6.07 Å². The highest BCUT2D eigenvalue weighted by molar-refractivity contribution is 5.97. The van der Waals surface area contributed by atoms with E-state index in [4.69, 9.17) is 9.47 Å². The van der Waals surface area contributed by atoms with E-state index in [2.05, 4.69) is 0 Å². The molecule has 14 heavy (non-hydrogen) atoms. The van der Waals surface area contributed by atoms with Crippen LogP contribution in [0.1, 0.15) is 0 Å². The summed E-state index contributed by atoms with van der Waals surface area (Å²) in [5, 5.41) is 0. The van der Waals surface area contributed by atoms with E-state index in [0.717, 1.165) is 5.69 Å². The highest BCUT2D eigenvalue weighted by atomic mass is 16.5. The van der Waals surface area contributed by atoms with E-state index >= 15 is 0 Å². The SMILES string of the molecule is COc1ccc2c(c1)N(C)C(=O)CO2. The number of ether oxygens (including phenoxy) is 2. The standard InChI is InChI=1S/C10H11NO3/c1-11-8-5-7(13-2)3-4-9(8)14-6-10(11)12/h3-5H,6H2,1-2H3. The molecule has 1 aliphatic heterocycles. The van der Waals surface area contributed by atoms with Crippen LogP contribution in [-0.4, -0.2) is 26.7 Å². The Bertz CT molecular complexity index is 376. The molecule has 4 heteroatoms. The fraction of sp³-hybridized carbons (Fsp3) is 0.300. The lowest BCUT2D eigenvalue weighted by atomic mass is 10.2. The molecule has 1 heterocycles. The number of carbonyl (C=O) groups excluding carboxylic acids is 1. The van der Waals surface area contributed by atoms with Crippen LogP contribution >= 0.6 is 0 Å². The Balaban J connectivity index is 2.46. The maximum atomic E-state index is 11.3. The molecule has 1 amide bonds. The smallest absolute Gasteiger partial charge is 0.264 e. The van der Waals surface area contributed by atoms with Gasteiger partial charge in [-0.15, -0.1) is 0 Å². The van der Waals surface area contributed by atoms with Crippen LogP contribution in [0.2, 0.25) is 0 Å². The molecule has 0 saturated heterocycles. The average Bonchev–Trinajstić information content (AvgIpc) is 2.23. The Morgan fingerprint density at radius 1 is 1.50 bits per heavy atom. The molecule has 0 unspecified atom stereocenters. The monoisotopic (exact) mass is 193 g/mol. The Hall–Kier alpha value is -1.71. The summed E-state index contributed by atoms with van der Waals surface area (Å²) in [6.07, 6.45) is 0. The van der Waals surface area contributed by atoms with E-state index in [-0.39, 0.29) is 12.5 Å². The third-order valence-corrected chi connectivity index (χ3v) is 2.25. The number of nitrogens with zero attached hydrogens (tertiary/aromatic N) is 1. The zero-order valence-corrected chi connectivity index (χ0v) is 8.11. The van der Waals surface area contributed by atoms with Crippen molar-refractivity contribution in [2.24, 2.45) is 0 Å². The number of amides is 1. The van der Waals surface area contributed by atoms with E-state index in [1.165, 1.54) is 0 Å². The Kier molecular flexibility index (Phi) is 2.04. The second kappa shape index (κ2) is 3.21. The molecule has 1 aromatic rings. The number of benzene rings is 1. The summed E-state index contributed by atoms with van der Waals surface area (Å²) in [6.45, 7) is 0.107. The number of methoxy groups -OCH3 is 1. The molecule has 0 aromatic heterocycles. The summed E-state index contributed by atoms with van der Waals surface area (Å²) in [7, 11) is 3.32. The molecule has 0 radical (unpaired) electrons. The molecule has 0 atom stereocenters. The van der Waals surface area contributed by atoms with Crippen molar-refractivity contribution >= 4 is 11.6 Å². The van der Waals surface area contributed by atoms with E-state index in [0.29, 0.717) is 11.5 Å². The summed E-state index contributed by atoms with van der Waals surface area (Å²) in [5.41, 5.74) is 0.751. The number of fused-ring (bicyclic) bond motifs is 1. The lowest BCUT2D eigenvalue weighted by molar-refractivity contribution is -0.120. The maximum Gasteiger partial charge on any atom is 0.264 e. The Morgan fingerprint density at radius 2 is 2.29 bits per heavy atom. The van der Waals surface area contributed by atoms with Crippen LogP contribution < -0.4 is 14.4 Å². The van der Waals surface area contributed by atoms with Gasteiger partial charge in [0.05, 0.1) is 12.8 Å². The third-order valence-electron chi connectivity index (χ3n) is 2.25. The molecule has 0 bridgehead atoms. The van der Waals surface area contributed by atoms with Crippen molar-refractivity contribution in [3.05, 3.63) is 18.2 Å². The third kappa shape index (κ3) is 1.28. The van der Waals surface area contributed by atoms with Crippen molar-refractivity contribution in [3.8, 4) is 11.5 Å². The summed E-state index contributed by atoms with van der Waals surface area (Å²) in [5.74, 6) is 1.38. The van der Waals surface area contributed by atoms with Crippen molar-refractivity contribution in [1.29, 1.82) is 0 Å². The topological polar surface area (TPSA) is 38.8 Å². The number of anilines is 1. The molecule has 74 valence electrons. The number of rotatable bonds is 1. The molecule has 0 spiro atoms. The minimum absolute atomic E-state index is 0.0502. The molecule has 1 aromatic carbocycles. The van der Waals surface area contributed by atoms with Gasteiger partial charge in [-0.25, -0.2) is 0 Å². The van der Waals surface area contributed by atoms with Crippen molar-refractivity contribution < 1.29 is 14.3 Å². The van der Waals surface area contributed by atoms with Crippen LogP contribution in [0.15, 0.2) is 18.2 Å². The number of likely N-dealkylation sites (N-methyl/N-ethyl adjacent to an activating group) is 1. The first-order valence-electron chi connectivity index (χ1n) is 4.30. The summed E-state index contributed by atoms with van der Waals surface area (Å²) in [6, 6.07) is 5.39. The molecular weight excluding hydrogens is 182 g/mol. The average molecular weight is 193 g/mol. The van der Waals surface area contributed by atoms with Gasteiger partial charge in [-0.1, -0.05) is 0 Å². The number of carbonyl (C=O) groups is 1. The summed E-state index contributed by atoms with van der Waals surface area (Å²) >= 11 is 0. The van der Waals surface area contributed by atoms with Crippen LogP contribution in [0.4, 0.5) is 5.69 Å². The Labute approximate surface area is 82.0 Å². The van der Waals surface area contributed by atoms with Crippen LogP contribution in [-0.2, 0) is 4.79 Å². The van der Waals surface area contributed by atoms with Gasteiger partial charge in [0.2, 0.25) is 0 Å². The first-order valence-corrected chi connectivity index (χ1v) is 4.30. The van der Waals surface area contributed by atoms with Gasteiger partial charge >= 0.3 is 0 Å².